The standard InChI is InChI=1S/C12H13NO2S/c1-8-3-5-10(6-4-8)7-13-11(16)9(2)15-12(13)14/h3-6,9H,7H2,1-2H3. The molecule has 0 bridgehead atoms. The number of hydrogen-bond donors (Lipinski definition) is 0. The Morgan fingerprint density at radius 3 is 2.50 bits per heavy atom. The third-order valence-corrected chi connectivity index (χ3v) is 3.13. The van der Waals surface area contributed by atoms with Gasteiger partial charge in [0.05, 0.1) is 6.54 Å². The Morgan fingerprint density at radius 2 is 2.00 bits per heavy atom. The zero-order chi connectivity index (χ0) is 11.7. The van der Waals surface area contributed by atoms with Crippen LogP contribution in [0.25, 0.3) is 0 Å². The van der Waals surface area contributed by atoms with Crippen LogP contribution in [0.2, 0.25) is 0 Å². The Hall–Kier alpha value is -1.42. The number of carbonyl (C=O) groups is 1. The molecule has 1 amide bonds. The van der Waals surface area contributed by atoms with Crippen molar-refractivity contribution in [3.8, 4) is 0 Å². The van der Waals surface area contributed by atoms with Crippen LogP contribution in [0.5, 0.6) is 0 Å². The van der Waals surface area contributed by atoms with Gasteiger partial charge < -0.3 is 4.74 Å². The van der Waals surface area contributed by atoms with Crippen molar-refractivity contribution in [3.63, 3.8) is 0 Å². The minimum absolute atomic E-state index is 0.284. The molecular formula is C12H13NO2S. The summed E-state index contributed by atoms with van der Waals surface area (Å²) in [6, 6.07) is 8.02. The molecule has 1 aliphatic rings. The highest BCUT2D eigenvalue weighted by Crippen LogP contribution is 2.17. The third kappa shape index (κ3) is 2.07. The maximum atomic E-state index is 11.5. The molecule has 3 nitrogen and oxygen atoms in total. The molecule has 1 atom stereocenters. The highest BCUT2D eigenvalue weighted by atomic mass is 32.1. The van der Waals surface area contributed by atoms with Gasteiger partial charge in [-0.2, -0.15) is 0 Å². The first kappa shape index (κ1) is 11.1. The molecule has 4 heteroatoms. The fourth-order valence-corrected chi connectivity index (χ4v) is 1.78. The highest BCUT2D eigenvalue weighted by molar-refractivity contribution is 7.80. The summed E-state index contributed by atoms with van der Waals surface area (Å²) in [6.07, 6.45) is -0.633. The molecule has 84 valence electrons. The molecule has 0 radical (unpaired) electrons. The zero-order valence-corrected chi connectivity index (χ0v) is 10.1. The van der Waals surface area contributed by atoms with Gasteiger partial charge in [-0.05, 0) is 19.4 Å². The highest BCUT2D eigenvalue weighted by Gasteiger charge is 2.33. The molecular weight excluding hydrogens is 222 g/mol. The molecule has 1 aliphatic heterocycles. The number of thiocarbonyl (C=S) groups is 1. The smallest absolute Gasteiger partial charge is 0.415 e. The van der Waals surface area contributed by atoms with Crippen LogP contribution in [0.1, 0.15) is 18.1 Å². The van der Waals surface area contributed by atoms with Gasteiger partial charge in [-0.25, -0.2) is 4.79 Å². The Balaban J connectivity index is 2.13. The van der Waals surface area contributed by atoms with Crippen molar-refractivity contribution in [2.45, 2.75) is 26.5 Å². The van der Waals surface area contributed by atoms with Gasteiger partial charge in [-0.15, -0.1) is 0 Å². The first-order valence-corrected chi connectivity index (χ1v) is 5.56. The van der Waals surface area contributed by atoms with Crippen molar-refractivity contribution in [3.05, 3.63) is 35.4 Å². The Morgan fingerprint density at radius 1 is 1.38 bits per heavy atom. The maximum Gasteiger partial charge on any atom is 0.415 e. The predicted molar refractivity (Wildman–Crippen MR) is 65.3 cm³/mol. The average molecular weight is 235 g/mol. The quantitative estimate of drug-likeness (QED) is 0.738. The predicted octanol–water partition coefficient (Wildman–Crippen LogP) is 2.66. The molecule has 0 N–H and O–H groups in total. The van der Waals surface area contributed by atoms with Crippen LogP contribution in [-0.2, 0) is 11.3 Å². The van der Waals surface area contributed by atoms with Crippen LogP contribution >= 0.6 is 12.2 Å². The van der Waals surface area contributed by atoms with E-state index in [-0.39, 0.29) is 12.2 Å². The van der Waals surface area contributed by atoms with Crippen LogP contribution in [-0.4, -0.2) is 22.1 Å². The molecule has 0 saturated carbocycles. The molecule has 1 aromatic rings. The molecule has 1 aromatic carbocycles. The number of nitrogens with zero attached hydrogens (tertiary/aromatic N) is 1. The Kier molecular flexibility index (Phi) is 2.92. The minimum atomic E-state index is -0.349. The van der Waals surface area contributed by atoms with Crippen molar-refractivity contribution in [2.75, 3.05) is 0 Å². The zero-order valence-electron chi connectivity index (χ0n) is 9.27. The van der Waals surface area contributed by atoms with Crippen molar-refractivity contribution >= 4 is 23.3 Å². The fourth-order valence-electron chi connectivity index (χ4n) is 1.59. The SMILES string of the molecule is Cc1ccc(CN2C(=O)OC(C)C2=S)cc1. The van der Waals surface area contributed by atoms with E-state index in [0.29, 0.717) is 11.5 Å². The summed E-state index contributed by atoms with van der Waals surface area (Å²) >= 11 is 5.15. The fraction of sp³-hybridized carbons (Fsp3) is 0.333. The second-order valence-corrected chi connectivity index (χ2v) is 4.35. The van der Waals surface area contributed by atoms with Gasteiger partial charge in [0.2, 0.25) is 0 Å². The van der Waals surface area contributed by atoms with E-state index in [1.54, 1.807) is 6.92 Å². The van der Waals surface area contributed by atoms with E-state index in [9.17, 15) is 4.79 Å². The molecule has 0 spiro atoms. The molecule has 0 aromatic heterocycles. The van der Waals surface area contributed by atoms with Crippen LogP contribution in [0.4, 0.5) is 4.79 Å². The first-order valence-electron chi connectivity index (χ1n) is 5.15. The minimum Gasteiger partial charge on any atom is -0.439 e. The van der Waals surface area contributed by atoms with E-state index >= 15 is 0 Å². The van der Waals surface area contributed by atoms with Crippen LogP contribution < -0.4 is 0 Å². The Labute approximate surface area is 100 Å². The average Bonchev–Trinajstić information content (AvgIpc) is 2.48. The van der Waals surface area contributed by atoms with Crippen molar-refractivity contribution in [2.24, 2.45) is 0 Å². The van der Waals surface area contributed by atoms with E-state index in [4.69, 9.17) is 17.0 Å². The summed E-state index contributed by atoms with van der Waals surface area (Å²) in [5.41, 5.74) is 2.25. The van der Waals surface area contributed by atoms with E-state index in [1.165, 1.54) is 10.5 Å². The summed E-state index contributed by atoms with van der Waals surface area (Å²) in [6.45, 7) is 4.30. The summed E-state index contributed by atoms with van der Waals surface area (Å²) < 4.78 is 5.03. The molecule has 2 rings (SSSR count). The van der Waals surface area contributed by atoms with Crippen LogP contribution in [0.3, 0.4) is 0 Å². The second kappa shape index (κ2) is 4.22. The van der Waals surface area contributed by atoms with Crippen molar-refractivity contribution < 1.29 is 9.53 Å². The summed E-state index contributed by atoms with van der Waals surface area (Å²) in [4.78, 5) is 13.5. The van der Waals surface area contributed by atoms with Crippen molar-refractivity contribution in [1.82, 2.24) is 4.90 Å². The lowest BCUT2D eigenvalue weighted by Gasteiger charge is -2.13. The monoisotopic (exact) mass is 235 g/mol. The molecule has 16 heavy (non-hydrogen) atoms. The largest absolute Gasteiger partial charge is 0.439 e. The van der Waals surface area contributed by atoms with Gasteiger partial charge in [0, 0.05) is 0 Å². The number of amides is 1. The van der Waals surface area contributed by atoms with Gasteiger partial charge in [-0.3, -0.25) is 4.90 Å². The van der Waals surface area contributed by atoms with Gasteiger partial charge in [0.25, 0.3) is 0 Å². The number of cyclic esters (lactones) is 1. The van der Waals surface area contributed by atoms with E-state index in [1.807, 2.05) is 31.2 Å². The number of hydrogen-bond acceptors (Lipinski definition) is 3. The molecule has 1 unspecified atom stereocenters. The number of ether oxygens (including phenoxy) is 1. The maximum absolute atomic E-state index is 11.5. The van der Waals surface area contributed by atoms with Gasteiger partial charge in [0.1, 0.15) is 4.99 Å². The van der Waals surface area contributed by atoms with Gasteiger partial charge in [0.15, 0.2) is 6.10 Å². The second-order valence-electron chi connectivity index (χ2n) is 3.94. The number of rotatable bonds is 2. The lowest BCUT2D eigenvalue weighted by Crippen LogP contribution is -2.28. The first-order chi connectivity index (χ1) is 7.58. The van der Waals surface area contributed by atoms with Crippen LogP contribution in [0.15, 0.2) is 24.3 Å². The normalized spacial score (nSPS) is 20.1. The topological polar surface area (TPSA) is 29.5 Å². The Bertz CT molecular complexity index is 427. The lowest BCUT2D eigenvalue weighted by atomic mass is 10.1. The molecule has 1 fully saturated rings. The van der Waals surface area contributed by atoms with Gasteiger partial charge in [-0.1, -0.05) is 42.0 Å². The van der Waals surface area contributed by atoms with Crippen LogP contribution in [0, 0.1) is 6.92 Å². The molecule has 0 aliphatic carbocycles. The summed E-state index contributed by atoms with van der Waals surface area (Å²) in [5.74, 6) is 0. The van der Waals surface area contributed by atoms with E-state index in [2.05, 4.69) is 0 Å². The number of carbonyl (C=O) groups excluding carboxylic acids is 1. The van der Waals surface area contributed by atoms with Gasteiger partial charge >= 0.3 is 6.09 Å². The molecule has 1 saturated heterocycles. The summed E-state index contributed by atoms with van der Waals surface area (Å²) in [5, 5.41) is 0. The van der Waals surface area contributed by atoms with E-state index < -0.39 is 0 Å². The van der Waals surface area contributed by atoms with E-state index in [0.717, 1.165) is 5.56 Å². The third-order valence-electron chi connectivity index (χ3n) is 2.57. The lowest BCUT2D eigenvalue weighted by molar-refractivity contribution is 0.138. The van der Waals surface area contributed by atoms with Crippen molar-refractivity contribution in [1.29, 1.82) is 0 Å². The number of aryl methyl sites for hydroxylation is 1. The summed E-state index contributed by atoms with van der Waals surface area (Å²) in [7, 11) is 0. The number of benzene rings is 1. The molecule has 1 heterocycles.